The van der Waals surface area contributed by atoms with Crippen LogP contribution in [0, 0.1) is 0 Å². The van der Waals surface area contributed by atoms with Crippen LogP contribution < -0.4 is 0 Å². The fraction of sp³-hybridized carbons (Fsp3) is 0.200. The van der Waals surface area contributed by atoms with Gasteiger partial charge in [0.1, 0.15) is 11.9 Å². The number of benzene rings is 1. The van der Waals surface area contributed by atoms with Crippen molar-refractivity contribution >= 4 is 0 Å². The van der Waals surface area contributed by atoms with Crippen molar-refractivity contribution in [2.24, 2.45) is 0 Å². The number of rotatable bonds is 2. The molecule has 0 aliphatic heterocycles. The highest BCUT2D eigenvalue weighted by Crippen LogP contribution is 2.27. The van der Waals surface area contributed by atoms with Crippen LogP contribution in [-0.4, -0.2) is 10.2 Å². The minimum Gasteiger partial charge on any atom is -0.508 e. The molecule has 0 aromatic heterocycles. The van der Waals surface area contributed by atoms with Crippen molar-refractivity contribution < 1.29 is 10.2 Å². The molecule has 1 aromatic carbocycles. The highest BCUT2D eigenvalue weighted by atomic mass is 16.3. The molecule has 0 aliphatic rings. The summed E-state index contributed by atoms with van der Waals surface area (Å²) in [6.07, 6.45) is -0.772. The number of aromatic hydroxyl groups is 1. The van der Waals surface area contributed by atoms with Crippen LogP contribution in [0.25, 0.3) is 0 Å². The van der Waals surface area contributed by atoms with Gasteiger partial charge >= 0.3 is 0 Å². The lowest BCUT2D eigenvalue weighted by Crippen LogP contribution is -1.97. The molecule has 0 heterocycles. The summed E-state index contributed by atoms with van der Waals surface area (Å²) in [5.41, 5.74) is 1.13. The van der Waals surface area contributed by atoms with Crippen LogP contribution in [0.4, 0.5) is 0 Å². The maximum absolute atomic E-state index is 9.52. The monoisotopic (exact) mass is 164 g/mol. The molecule has 2 heteroatoms. The molecule has 0 saturated heterocycles. The molecule has 0 radical (unpaired) electrons. The topological polar surface area (TPSA) is 40.5 Å². The van der Waals surface area contributed by atoms with E-state index in [1.807, 2.05) is 0 Å². The lowest BCUT2D eigenvalue weighted by molar-refractivity contribution is 0.211. The van der Waals surface area contributed by atoms with Crippen LogP contribution in [0.1, 0.15) is 18.6 Å². The van der Waals surface area contributed by atoms with Crippen molar-refractivity contribution in [3.05, 3.63) is 42.0 Å². The third-order valence-corrected chi connectivity index (χ3v) is 1.70. The molecule has 1 unspecified atom stereocenters. The molecular formula is C10H12O2. The SMILES string of the molecule is C=C(C)C(O)c1ccccc1O. The molecule has 0 fully saturated rings. The summed E-state index contributed by atoms with van der Waals surface area (Å²) in [5, 5.41) is 18.8. The molecule has 1 rings (SSSR count). The van der Waals surface area contributed by atoms with Crippen molar-refractivity contribution in [3.8, 4) is 5.75 Å². The van der Waals surface area contributed by atoms with E-state index in [0.29, 0.717) is 11.1 Å². The highest BCUT2D eigenvalue weighted by Gasteiger charge is 2.10. The van der Waals surface area contributed by atoms with E-state index >= 15 is 0 Å². The van der Waals surface area contributed by atoms with Gasteiger partial charge in [-0.25, -0.2) is 0 Å². The Balaban J connectivity index is 3.02. The minimum atomic E-state index is -0.772. The molecule has 0 bridgehead atoms. The van der Waals surface area contributed by atoms with Gasteiger partial charge in [0.25, 0.3) is 0 Å². The van der Waals surface area contributed by atoms with E-state index in [9.17, 15) is 10.2 Å². The summed E-state index contributed by atoms with van der Waals surface area (Å²) in [6, 6.07) is 6.70. The van der Waals surface area contributed by atoms with Gasteiger partial charge in [0, 0.05) is 5.56 Å². The number of hydrogen-bond acceptors (Lipinski definition) is 2. The second-order valence-corrected chi connectivity index (χ2v) is 2.81. The Morgan fingerprint density at radius 1 is 1.42 bits per heavy atom. The van der Waals surface area contributed by atoms with Gasteiger partial charge in [-0.05, 0) is 18.6 Å². The summed E-state index contributed by atoms with van der Waals surface area (Å²) in [7, 11) is 0. The number of phenolic OH excluding ortho intramolecular Hbond substituents is 1. The fourth-order valence-electron chi connectivity index (χ4n) is 0.984. The summed E-state index contributed by atoms with van der Waals surface area (Å²) in [6.45, 7) is 5.33. The zero-order valence-corrected chi connectivity index (χ0v) is 6.99. The van der Waals surface area contributed by atoms with Crippen molar-refractivity contribution in [2.45, 2.75) is 13.0 Å². The van der Waals surface area contributed by atoms with Gasteiger partial charge in [0.2, 0.25) is 0 Å². The molecule has 1 aromatic rings. The molecule has 0 saturated carbocycles. The first-order valence-corrected chi connectivity index (χ1v) is 3.74. The molecule has 2 N–H and O–H groups in total. The van der Waals surface area contributed by atoms with Crippen LogP contribution >= 0.6 is 0 Å². The van der Waals surface area contributed by atoms with Gasteiger partial charge in [-0.3, -0.25) is 0 Å². The van der Waals surface area contributed by atoms with Crippen LogP contribution in [0.2, 0.25) is 0 Å². The van der Waals surface area contributed by atoms with Gasteiger partial charge in [0.05, 0.1) is 0 Å². The van der Waals surface area contributed by atoms with Crippen molar-refractivity contribution in [1.82, 2.24) is 0 Å². The van der Waals surface area contributed by atoms with Crippen LogP contribution in [-0.2, 0) is 0 Å². The zero-order valence-electron chi connectivity index (χ0n) is 6.99. The predicted molar refractivity (Wildman–Crippen MR) is 47.9 cm³/mol. The molecule has 0 spiro atoms. The highest BCUT2D eigenvalue weighted by molar-refractivity contribution is 5.36. The van der Waals surface area contributed by atoms with Crippen molar-refractivity contribution in [1.29, 1.82) is 0 Å². The third-order valence-electron chi connectivity index (χ3n) is 1.70. The van der Waals surface area contributed by atoms with E-state index in [2.05, 4.69) is 6.58 Å². The normalized spacial score (nSPS) is 12.5. The van der Waals surface area contributed by atoms with E-state index in [1.165, 1.54) is 0 Å². The Bertz CT molecular complexity index is 292. The Morgan fingerprint density at radius 3 is 2.50 bits per heavy atom. The Kier molecular flexibility index (Phi) is 2.51. The van der Waals surface area contributed by atoms with E-state index in [4.69, 9.17) is 0 Å². The quantitative estimate of drug-likeness (QED) is 0.656. The summed E-state index contributed by atoms with van der Waals surface area (Å²) >= 11 is 0. The standard InChI is InChI=1S/C10H12O2/c1-7(2)10(12)8-5-3-4-6-9(8)11/h3-6,10-12H,1H2,2H3. The van der Waals surface area contributed by atoms with Crippen molar-refractivity contribution in [2.75, 3.05) is 0 Å². The lowest BCUT2D eigenvalue weighted by atomic mass is 10.0. The van der Waals surface area contributed by atoms with Crippen LogP contribution in [0.5, 0.6) is 5.75 Å². The fourth-order valence-corrected chi connectivity index (χ4v) is 0.984. The molecule has 0 aliphatic carbocycles. The third kappa shape index (κ3) is 1.66. The number of aliphatic hydroxyl groups excluding tert-OH is 1. The first-order chi connectivity index (χ1) is 5.63. The Morgan fingerprint density at radius 2 is 2.00 bits per heavy atom. The van der Waals surface area contributed by atoms with Gasteiger partial charge in [-0.1, -0.05) is 24.8 Å². The smallest absolute Gasteiger partial charge is 0.121 e. The number of aliphatic hydroxyl groups is 1. The van der Waals surface area contributed by atoms with E-state index in [0.717, 1.165) is 0 Å². The predicted octanol–water partition coefficient (Wildman–Crippen LogP) is 2.00. The second-order valence-electron chi connectivity index (χ2n) is 2.81. The number of phenols is 1. The summed E-state index contributed by atoms with van der Waals surface area (Å²) in [5.74, 6) is 0.105. The molecule has 2 nitrogen and oxygen atoms in total. The summed E-state index contributed by atoms with van der Waals surface area (Å²) < 4.78 is 0. The molecular weight excluding hydrogens is 152 g/mol. The van der Waals surface area contributed by atoms with Gasteiger partial charge in [-0.15, -0.1) is 0 Å². The van der Waals surface area contributed by atoms with Crippen LogP contribution in [0.3, 0.4) is 0 Å². The maximum Gasteiger partial charge on any atom is 0.121 e. The van der Waals surface area contributed by atoms with Crippen LogP contribution in [0.15, 0.2) is 36.4 Å². The average molecular weight is 164 g/mol. The number of para-hydroxylation sites is 1. The minimum absolute atomic E-state index is 0.105. The molecule has 0 amide bonds. The first kappa shape index (κ1) is 8.81. The lowest BCUT2D eigenvalue weighted by Gasteiger charge is -2.11. The molecule has 64 valence electrons. The molecule has 12 heavy (non-hydrogen) atoms. The Hall–Kier alpha value is -1.28. The van der Waals surface area contributed by atoms with E-state index in [1.54, 1.807) is 31.2 Å². The van der Waals surface area contributed by atoms with E-state index in [-0.39, 0.29) is 5.75 Å². The molecule has 1 atom stereocenters. The first-order valence-electron chi connectivity index (χ1n) is 3.74. The average Bonchev–Trinajstić information content (AvgIpc) is 2.04. The van der Waals surface area contributed by atoms with Gasteiger partial charge < -0.3 is 10.2 Å². The van der Waals surface area contributed by atoms with Crippen molar-refractivity contribution in [3.63, 3.8) is 0 Å². The Labute approximate surface area is 71.8 Å². The summed E-state index contributed by atoms with van der Waals surface area (Å²) in [4.78, 5) is 0. The second kappa shape index (κ2) is 3.41. The zero-order chi connectivity index (χ0) is 9.14. The largest absolute Gasteiger partial charge is 0.508 e. The maximum atomic E-state index is 9.52. The van der Waals surface area contributed by atoms with Gasteiger partial charge in [-0.2, -0.15) is 0 Å². The number of hydrogen-bond donors (Lipinski definition) is 2. The van der Waals surface area contributed by atoms with E-state index < -0.39 is 6.10 Å². The van der Waals surface area contributed by atoms with Gasteiger partial charge in [0.15, 0.2) is 0 Å².